The largest absolute Gasteiger partial charge is 0.324 e. The first-order valence-electron chi connectivity index (χ1n) is 7.51. The van der Waals surface area contributed by atoms with Gasteiger partial charge in [-0.05, 0) is 49.8 Å². The molecule has 2 amide bonds. The molecule has 116 valence electrons. The molecule has 0 radical (unpaired) electrons. The molecule has 2 heterocycles. The molecule has 2 saturated heterocycles. The summed E-state index contributed by atoms with van der Waals surface area (Å²) in [6.45, 7) is 6.03. The van der Waals surface area contributed by atoms with Crippen LogP contribution in [0.15, 0.2) is 24.3 Å². The Kier molecular flexibility index (Phi) is 5.12. The number of amides is 2. The molecule has 1 aromatic carbocycles. The predicted molar refractivity (Wildman–Crippen MR) is 88.2 cm³/mol. The fourth-order valence-corrected chi connectivity index (χ4v) is 3.31. The molecular weight excluding hydrogens is 286 g/mol. The number of hydrogen-bond acceptors (Lipinski definition) is 2. The number of benzene rings is 1. The summed E-state index contributed by atoms with van der Waals surface area (Å²) in [6, 6.07) is 7.96. The summed E-state index contributed by atoms with van der Waals surface area (Å²) in [7, 11) is 0. The maximum Gasteiger partial charge on any atom is 0.321 e. The van der Waals surface area contributed by atoms with E-state index in [9.17, 15) is 4.79 Å². The SMILES string of the molecule is Cc1ccccc1NC(=O)N1CCC2(CCNC2)CC1.Cl. The lowest BCUT2D eigenvalue weighted by molar-refractivity contribution is 0.137. The van der Waals surface area contributed by atoms with Crippen LogP contribution in [0.25, 0.3) is 0 Å². The minimum Gasteiger partial charge on any atom is -0.324 e. The lowest BCUT2D eigenvalue weighted by Gasteiger charge is -2.38. The van der Waals surface area contributed by atoms with Gasteiger partial charge in [0.05, 0.1) is 0 Å². The van der Waals surface area contributed by atoms with E-state index in [1.807, 2.05) is 36.1 Å². The number of carbonyl (C=O) groups is 1. The van der Waals surface area contributed by atoms with Crippen molar-refractivity contribution < 1.29 is 4.79 Å². The molecule has 5 heteroatoms. The van der Waals surface area contributed by atoms with Crippen molar-refractivity contribution in [1.82, 2.24) is 10.2 Å². The highest BCUT2D eigenvalue weighted by atomic mass is 35.5. The third kappa shape index (κ3) is 3.50. The van der Waals surface area contributed by atoms with E-state index in [2.05, 4.69) is 10.6 Å². The summed E-state index contributed by atoms with van der Waals surface area (Å²) in [5.74, 6) is 0. The van der Waals surface area contributed by atoms with Gasteiger partial charge in [-0.25, -0.2) is 4.79 Å². The summed E-state index contributed by atoms with van der Waals surface area (Å²) in [5.41, 5.74) is 2.48. The molecule has 21 heavy (non-hydrogen) atoms. The zero-order valence-corrected chi connectivity index (χ0v) is 13.3. The standard InChI is InChI=1S/C16H23N3O.ClH/c1-13-4-2-3-5-14(13)18-15(20)19-10-7-16(8-11-19)6-9-17-12-16;/h2-5,17H,6-12H2,1H3,(H,18,20);1H. The average molecular weight is 310 g/mol. The summed E-state index contributed by atoms with van der Waals surface area (Å²) < 4.78 is 0. The topological polar surface area (TPSA) is 44.4 Å². The zero-order chi connectivity index (χ0) is 14.0. The van der Waals surface area contributed by atoms with Gasteiger partial charge in [0.25, 0.3) is 0 Å². The Morgan fingerprint density at radius 1 is 1.24 bits per heavy atom. The Hall–Kier alpha value is -1.26. The first-order valence-corrected chi connectivity index (χ1v) is 7.51. The Balaban J connectivity index is 0.00000161. The molecule has 2 aliphatic rings. The molecule has 2 N–H and O–H groups in total. The minimum atomic E-state index is 0. The highest BCUT2D eigenvalue weighted by Gasteiger charge is 2.38. The van der Waals surface area contributed by atoms with Crippen LogP contribution in [0.1, 0.15) is 24.8 Å². The number of halogens is 1. The molecule has 2 fully saturated rings. The van der Waals surface area contributed by atoms with Crippen molar-refractivity contribution in [1.29, 1.82) is 0 Å². The van der Waals surface area contributed by atoms with E-state index in [0.717, 1.165) is 50.3 Å². The molecule has 1 spiro atoms. The van der Waals surface area contributed by atoms with Gasteiger partial charge >= 0.3 is 6.03 Å². The quantitative estimate of drug-likeness (QED) is 0.837. The number of likely N-dealkylation sites (tertiary alicyclic amines) is 1. The maximum absolute atomic E-state index is 12.3. The van der Waals surface area contributed by atoms with Crippen molar-refractivity contribution in [3.8, 4) is 0 Å². The van der Waals surface area contributed by atoms with Crippen molar-refractivity contribution in [2.24, 2.45) is 5.41 Å². The molecule has 1 aromatic rings. The van der Waals surface area contributed by atoms with Crippen LogP contribution in [0.4, 0.5) is 10.5 Å². The number of urea groups is 1. The number of rotatable bonds is 1. The normalized spacial score (nSPS) is 20.1. The maximum atomic E-state index is 12.3. The average Bonchev–Trinajstić information content (AvgIpc) is 2.90. The Morgan fingerprint density at radius 2 is 1.95 bits per heavy atom. The Bertz CT molecular complexity index is 490. The summed E-state index contributed by atoms with van der Waals surface area (Å²) in [4.78, 5) is 14.3. The highest BCUT2D eigenvalue weighted by molar-refractivity contribution is 5.90. The van der Waals surface area contributed by atoms with Crippen molar-refractivity contribution in [3.63, 3.8) is 0 Å². The van der Waals surface area contributed by atoms with Crippen LogP contribution < -0.4 is 10.6 Å². The molecule has 0 saturated carbocycles. The highest BCUT2D eigenvalue weighted by Crippen LogP contribution is 2.37. The third-order valence-electron chi connectivity index (χ3n) is 4.83. The van der Waals surface area contributed by atoms with Crippen molar-refractivity contribution >= 4 is 24.1 Å². The third-order valence-corrected chi connectivity index (χ3v) is 4.83. The number of hydrogen-bond donors (Lipinski definition) is 2. The molecule has 3 rings (SSSR count). The number of piperidine rings is 1. The van der Waals surface area contributed by atoms with Gasteiger partial charge < -0.3 is 15.5 Å². The van der Waals surface area contributed by atoms with Gasteiger partial charge in [0.2, 0.25) is 0 Å². The molecule has 2 aliphatic heterocycles. The van der Waals surface area contributed by atoms with E-state index in [-0.39, 0.29) is 18.4 Å². The minimum absolute atomic E-state index is 0. The summed E-state index contributed by atoms with van der Waals surface area (Å²) in [6.07, 6.45) is 3.52. The monoisotopic (exact) mass is 309 g/mol. The second kappa shape index (κ2) is 6.67. The fraction of sp³-hybridized carbons (Fsp3) is 0.562. The summed E-state index contributed by atoms with van der Waals surface area (Å²) >= 11 is 0. The van der Waals surface area contributed by atoms with Crippen molar-refractivity contribution in [2.75, 3.05) is 31.5 Å². The van der Waals surface area contributed by atoms with Crippen LogP contribution in [0.5, 0.6) is 0 Å². The van der Waals surface area contributed by atoms with Crippen LogP contribution in [-0.2, 0) is 0 Å². The lowest BCUT2D eigenvalue weighted by atomic mass is 9.78. The van der Waals surface area contributed by atoms with Crippen LogP contribution >= 0.6 is 12.4 Å². The van der Waals surface area contributed by atoms with E-state index in [1.54, 1.807) is 0 Å². The lowest BCUT2D eigenvalue weighted by Crippen LogP contribution is -2.45. The second-order valence-corrected chi connectivity index (χ2v) is 6.16. The fourth-order valence-electron chi connectivity index (χ4n) is 3.31. The second-order valence-electron chi connectivity index (χ2n) is 6.16. The van der Waals surface area contributed by atoms with Crippen LogP contribution in [0.2, 0.25) is 0 Å². The van der Waals surface area contributed by atoms with Gasteiger partial charge in [0, 0.05) is 25.3 Å². The summed E-state index contributed by atoms with van der Waals surface area (Å²) in [5, 5.41) is 6.49. The number of nitrogens with zero attached hydrogens (tertiary/aromatic N) is 1. The molecule has 4 nitrogen and oxygen atoms in total. The number of carbonyl (C=O) groups excluding carboxylic acids is 1. The zero-order valence-electron chi connectivity index (χ0n) is 12.5. The van der Waals surface area contributed by atoms with E-state index in [0.29, 0.717) is 5.41 Å². The van der Waals surface area contributed by atoms with Gasteiger partial charge in [0.1, 0.15) is 0 Å². The van der Waals surface area contributed by atoms with Gasteiger partial charge in [0.15, 0.2) is 0 Å². The Morgan fingerprint density at radius 3 is 2.57 bits per heavy atom. The first kappa shape index (κ1) is 16.1. The van der Waals surface area contributed by atoms with E-state index < -0.39 is 0 Å². The van der Waals surface area contributed by atoms with E-state index >= 15 is 0 Å². The number of para-hydroxylation sites is 1. The van der Waals surface area contributed by atoms with Gasteiger partial charge in [-0.15, -0.1) is 12.4 Å². The van der Waals surface area contributed by atoms with Crippen LogP contribution in [0.3, 0.4) is 0 Å². The van der Waals surface area contributed by atoms with E-state index in [1.165, 1.54) is 6.42 Å². The smallest absolute Gasteiger partial charge is 0.321 e. The van der Waals surface area contributed by atoms with Crippen LogP contribution in [-0.4, -0.2) is 37.1 Å². The predicted octanol–water partition coefficient (Wildman–Crippen LogP) is 3.02. The molecule has 0 atom stereocenters. The molecule has 0 bridgehead atoms. The number of aryl methyl sites for hydroxylation is 1. The van der Waals surface area contributed by atoms with Gasteiger partial charge in [-0.1, -0.05) is 18.2 Å². The molecule has 0 aromatic heterocycles. The van der Waals surface area contributed by atoms with Crippen molar-refractivity contribution in [2.45, 2.75) is 26.2 Å². The van der Waals surface area contributed by atoms with Crippen molar-refractivity contribution in [3.05, 3.63) is 29.8 Å². The Labute approximate surface area is 132 Å². The van der Waals surface area contributed by atoms with Crippen LogP contribution in [0, 0.1) is 12.3 Å². The number of nitrogens with one attached hydrogen (secondary N) is 2. The van der Waals surface area contributed by atoms with E-state index in [4.69, 9.17) is 0 Å². The first-order chi connectivity index (χ1) is 9.69. The molecule has 0 unspecified atom stereocenters. The molecule has 0 aliphatic carbocycles. The molecular formula is C16H24ClN3O. The van der Waals surface area contributed by atoms with Gasteiger partial charge in [-0.3, -0.25) is 0 Å². The number of anilines is 1. The van der Waals surface area contributed by atoms with Gasteiger partial charge in [-0.2, -0.15) is 0 Å².